The lowest BCUT2D eigenvalue weighted by atomic mass is 9.91. The zero-order valence-corrected chi connectivity index (χ0v) is 14.2. The van der Waals surface area contributed by atoms with Crippen molar-refractivity contribution in [3.63, 3.8) is 0 Å². The number of carbonyl (C=O) groups is 3. The Morgan fingerprint density at radius 3 is 2.38 bits per heavy atom. The van der Waals surface area contributed by atoms with Crippen molar-refractivity contribution in [1.29, 1.82) is 0 Å². The second-order valence-electron chi connectivity index (χ2n) is 6.54. The molecule has 0 aromatic heterocycles. The van der Waals surface area contributed by atoms with Crippen LogP contribution < -0.4 is 10.1 Å². The highest BCUT2D eigenvalue weighted by Crippen LogP contribution is 2.34. The molecule has 24 heavy (non-hydrogen) atoms. The molecule has 1 saturated heterocycles. The highest BCUT2D eigenvalue weighted by Gasteiger charge is 2.29. The van der Waals surface area contributed by atoms with Crippen LogP contribution >= 0.6 is 0 Å². The molecule has 1 heterocycles. The molecule has 130 valence electrons. The molecule has 7 heteroatoms. The van der Waals surface area contributed by atoms with Gasteiger partial charge in [0.05, 0.1) is 25.6 Å². The minimum atomic E-state index is -0.611. The summed E-state index contributed by atoms with van der Waals surface area (Å²) in [4.78, 5) is 34.7. The first-order valence-electron chi connectivity index (χ1n) is 7.59. The van der Waals surface area contributed by atoms with Gasteiger partial charge >= 0.3 is 18.0 Å². The Bertz CT molecular complexity index is 646. The highest BCUT2D eigenvalue weighted by molar-refractivity contribution is 5.90. The van der Waals surface area contributed by atoms with Crippen LogP contribution in [0.15, 0.2) is 18.2 Å². The third-order valence-corrected chi connectivity index (χ3v) is 3.39. The molecule has 1 aliphatic rings. The van der Waals surface area contributed by atoms with Gasteiger partial charge < -0.3 is 14.2 Å². The van der Waals surface area contributed by atoms with E-state index in [1.165, 1.54) is 7.11 Å². The van der Waals surface area contributed by atoms with Crippen molar-refractivity contribution in [2.75, 3.05) is 12.4 Å². The summed E-state index contributed by atoms with van der Waals surface area (Å²) in [7, 11) is 1.47. The van der Waals surface area contributed by atoms with Gasteiger partial charge in [0.1, 0.15) is 11.4 Å². The van der Waals surface area contributed by atoms with E-state index in [4.69, 9.17) is 9.47 Å². The number of amides is 1. The van der Waals surface area contributed by atoms with Crippen molar-refractivity contribution >= 4 is 23.7 Å². The summed E-state index contributed by atoms with van der Waals surface area (Å²) >= 11 is 0. The smallest absolute Gasteiger partial charge is 0.412 e. The van der Waals surface area contributed by atoms with Crippen molar-refractivity contribution in [3.05, 3.63) is 23.8 Å². The van der Waals surface area contributed by atoms with Gasteiger partial charge in [-0.15, -0.1) is 0 Å². The number of carbonyl (C=O) groups excluding carboxylic acids is 3. The normalized spacial score (nSPS) is 15.7. The molecule has 0 bridgehead atoms. The van der Waals surface area contributed by atoms with E-state index < -0.39 is 23.6 Å². The van der Waals surface area contributed by atoms with Crippen LogP contribution in [0.25, 0.3) is 0 Å². The number of esters is 2. The Morgan fingerprint density at radius 2 is 1.83 bits per heavy atom. The van der Waals surface area contributed by atoms with Gasteiger partial charge in [0.25, 0.3) is 0 Å². The Morgan fingerprint density at radius 1 is 1.21 bits per heavy atom. The fourth-order valence-corrected chi connectivity index (χ4v) is 2.40. The van der Waals surface area contributed by atoms with Crippen molar-refractivity contribution < 1.29 is 28.6 Å². The Labute approximate surface area is 140 Å². The number of hydrogen-bond donors (Lipinski definition) is 1. The van der Waals surface area contributed by atoms with Gasteiger partial charge in [-0.3, -0.25) is 14.9 Å². The summed E-state index contributed by atoms with van der Waals surface area (Å²) in [6, 6.07) is 5.09. The molecule has 0 atom stereocenters. The van der Waals surface area contributed by atoms with E-state index in [1.807, 2.05) is 0 Å². The van der Waals surface area contributed by atoms with E-state index in [9.17, 15) is 14.4 Å². The number of nitrogens with one attached hydrogen (secondary N) is 1. The largest absolute Gasteiger partial charge is 0.495 e. The van der Waals surface area contributed by atoms with Crippen LogP contribution in [-0.4, -0.2) is 30.7 Å². The van der Waals surface area contributed by atoms with Gasteiger partial charge in [0.2, 0.25) is 0 Å². The van der Waals surface area contributed by atoms with Gasteiger partial charge in [0, 0.05) is 5.92 Å². The lowest BCUT2D eigenvalue weighted by Crippen LogP contribution is -2.27. The van der Waals surface area contributed by atoms with Crippen LogP contribution in [-0.2, 0) is 19.1 Å². The molecule has 0 saturated carbocycles. The first kappa shape index (κ1) is 17.8. The first-order valence-corrected chi connectivity index (χ1v) is 7.59. The number of benzene rings is 1. The Hall–Kier alpha value is -2.57. The van der Waals surface area contributed by atoms with Crippen molar-refractivity contribution in [1.82, 2.24) is 0 Å². The Kier molecular flexibility index (Phi) is 5.11. The van der Waals surface area contributed by atoms with Gasteiger partial charge in [-0.1, -0.05) is 6.07 Å². The lowest BCUT2D eigenvalue weighted by molar-refractivity contribution is -0.163. The molecule has 1 fully saturated rings. The molecular formula is C17H21NO6. The van der Waals surface area contributed by atoms with Crippen LogP contribution in [0, 0.1) is 0 Å². The Balaban J connectivity index is 2.17. The third-order valence-electron chi connectivity index (χ3n) is 3.39. The highest BCUT2D eigenvalue weighted by atomic mass is 16.6. The van der Waals surface area contributed by atoms with Crippen LogP contribution in [0.3, 0.4) is 0 Å². The van der Waals surface area contributed by atoms with Gasteiger partial charge in [-0.25, -0.2) is 4.79 Å². The summed E-state index contributed by atoms with van der Waals surface area (Å²) in [6.45, 7) is 5.31. The molecule has 0 unspecified atom stereocenters. The lowest BCUT2D eigenvalue weighted by Gasteiger charge is -2.22. The minimum Gasteiger partial charge on any atom is -0.495 e. The van der Waals surface area contributed by atoms with Crippen molar-refractivity contribution in [3.8, 4) is 5.75 Å². The van der Waals surface area contributed by atoms with Crippen LogP contribution in [0.4, 0.5) is 10.5 Å². The van der Waals surface area contributed by atoms with E-state index in [0.717, 1.165) is 5.56 Å². The van der Waals surface area contributed by atoms with Gasteiger partial charge in [-0.05, 0) is 38.5 Å². The topological polar surface area (TPSA) is 90.9 Å². The van der Waals surface area contributed by atoms with Crippen LogP contribution in [0.1, 0.15) is 45.1 Å². The fraction of sp³-hybridized carbons (Fsp3) is 0.471. The monoisotopic (exact) mass is 335 g/mol. The molecule has 2 rings (SSSR count). The molecule has 7 nitrogen and oxygen atoms in total. The average Bonchev–Trinajstić information content (AvgIpc) is 2.44. The van der Waals surface area contributed by atoms with E-state index in [2.05, 4.69) is 10.1 Å². The second-order valence-corrected chi connectivity index (χ2v) is 6.54. The summed E-state index contributed by atoms with van der Waals surface area (Å²) in [5.74, 6) is -0.912. The summed E-state index contributed by atoms with van der Waals surface area (Å²) < 4.78 is 15.0. The fourth-order valence-electron chi connectivity index (χ4n) is 2.40. The zero-order chi connectivity index (χ0) is 17.9. The summed E-state index contributed by atoms with van der Waals surface area (Å²) in [6.07, 6.45) is -0.327. The van der Waals surface area contributed by atoms with Crippen LogP contribution in [0.5, 0.6) is 5.75 Å². The molecule has 1 aliphatic heterocycles. The molecule has 0 spiro atoms. The molecule has 1 N–H and O–H groups in total. The number of methoxy groups -OCH3 is 1. The second kappa shape index (κ2) is 6.90. The quantitative estimate of drug-likeness (QED) is 0.674. The minimum absolute atomic E-state index is 0.133. The number of ether oxygens (including phenoxy) is 3. The molecule has 0 radical (unpaired) electrons. The maximum absolute atomic E-state index is 11.9. The standard InChI is InChI=1S/C17H21NO6/c1-17(2,3)24-16(21)18-12-6-5-10(7-13(12)22-4)11-8-14(19)23-15(20)9-11/h5-7,11H,8-9H2,1-4H3,(H,18,21). The maximum atomic E-state index is 11.9. The van der Waals surface area contributed by atoms with Gasteiger partial charge in [-0.2, -0.15) is 0 Å². The molecular weight excluding hydrogens is 314 g/mol. The van der Waals surface area contributed by atoms with E-state index in [0.29, 0.717) is 11.4 Å². The maximum Gasteiger partial charge on any atom is 0.412 e. The predicted octanol–water partition coefficient (Wildman–Crippen LogP) is 2.99. The number of anilines is 1. The predicted molar refractivity (Wildman–Crippen MR) is 85.9 cm³/mol. The molecule has 1 aromatic rings. The molecule has 0 aliphatic carbocycles. The van der Waals surface area contributed by atoms with Crippen molar-refractivity contribution in [2.24, 2.45) is 0 Å². The summed E-state index contributed by atoms with van der Waals surface area (Å²) in [5, 5.41) is 2.62. The van der Waals surface area contributed by atoms with Crippen LogP contribution in [0.2, 0.25) is 0 Å². The number of rotatable bonds is 3. The molecule has 1 amide bonds. The SMILES string of the molecule is COc1cc(C2CC(=O)OC(=O)C2)ccc1NC(=O)OC(C)(C)C. The number of cyclic esters (lactones) is 2. The van der Waals surface area contributed by atoms with Gasteiger partial charge in [0.15, 0.2) is 0 Å². The van der Waals surface area contributed by atoms with Crippen molar-refractivity contribution in [2.45, 2.75) is 45.1 Å². The van der Waals surface area contributed by atoms with E-state index in [-0.39, 0.29) is 18.8 Å². The van der Waals surface area contributed by atoms with E-state index >= 15 is 0 Å². The third kappa shape index (κ3) is 4.71. The first-order chi connectivity index (χ1) is 11.2. The average molecular weight is 335 g/mol. The summed E-state index contributed by atoms with van der Waals surface area (Å²) in [5.41, 5.74) is 0.604. The number of hydrogen-bond acceptors (Lipinski definition) is 6. The molecule has 1 aromatic carbocycles. The van der Waals surface area contributed by atoms with E-state index in [1.54, 1.807) is 39.0 Å². The zero-order valence-electron chi connectivity index (χ0n) is 14.2.